The minimum Gasteiger partial charge on any atom is -0.486 e. The first-order valence-electron chi connectivity index (χ1n) is 11.4. The van der Waals surface area contributed by atoms with Crippen molar-refractivity contribution in [3.63, 3.8) is 0 Å². The van der Waals surface area contributed by atoms with Gasteiger partial charge in [-0.25, -0.2) is 0 Å². The SMILES string of the molecule is O=C(CSc1nnc(-c2ccncc2)n1C1CC1)N1CCC[C@@H]1c1ccc2c(c1)OCCO2. The van der Waals surface area contributed by atoms with Crippen molar-refractivity contribution < 1.29 is 14.3 Å². The summed E-state index contributed by atoms with van der Waals surface area (Å²) in [4.78, 5) is 19.3. The average molecular weight is 464 g/mol. The fourth-order valence-corrected chi connectivity index (χ4v) is 5.51. The number of aromatic nitrogens is 4. The molecule has 0 radical (unpaired) electrons. The van der Waals surface area contributed by atoms with Crippen LogP contribution in [0.1, 0.15) is 43.3 Å². The van der Waals surface area contributed by atoms with E-state index in [1.807, 2.05) is 29.2 Å². The lowest BCUT2D eigenvalue weighted by Gasteiger charge is -2.26. The van der Waals surface area contributed by atoms with Crippen LogP contribution in [-0.2, 0) is 4.79 Å². The maximum absolute atomic E-state index is 13.2. The summed E-state index contributed by atoms with van der Waals surface area (Å²) in [6, 6.07) is 10.4. The number of ether oxygens (including phenoxy) is 2. The van der Waals surface area contributed by atoms with E-state index in [0.717, 1.165) is 65.8 Å². The Morgan fingerprint density at radius 1 is 1.03 bits per heavy atom. The molecule has 1 aliphatic carbocycles. The summed E-state index contributed by atoms with van der Waals surface area (Å²) in [5, 5.41) is 9.69. The van der Waals surface area contributed by atoms with Gasteiger partial charge in [-0.2, -0.15) is 0 Å². The average Bonchev–Trinajstić information content (AvgIpc) is 3.41. The Morgan fingerprint density at radius 3 is 2.67 bits per heavy atom. The minimum atomic E-state index is 0.0719. The highest BCUT2D eigenvalue weighted by atomic mass is 32.2. The molecule has 3 aliphatic rings. The zero-order valence-electron chi connectivity index (χ0n) is 18.2. The van der Waals surface area contributed by atoms with Crippen molar-refractivity contribution in [3.8, 4) is 22.9 Å². The van der Waals surface area contributed by atoms with Gasteiger partial charge < -0.3 is 14.4 Å². The number of carbonyl (C=O) groups excluding carboxylic acids is 1. The van der Waals surface area contributed by atoms with E-state index in [-0.39, 0.29) is 11.9 Å². The summed E-state index contributed by atoms with van der Waals surface area (Å²) in [7, 11) is 0. The molecule has 2 aromatic heterocycles. The smallest absolute Gasteiger partial charge is 0.233 e. The van der Waals surface area contributed by atoms with E-state index in [9.17, 15) is 4.79 Å². The van der Waals surface area contributed by atoms with Crippen molar-refractivity contribution in [2.75, 3.05) is 25.5 Å². The largest absolute Gasteiger partial charge is 0.486 e. The summed E-state index contributed by atoms with van der Waals surface area (Å²) in [6.07, 6.45) is 7.73. The van der Waals surface area contributed by atoms with Gasteiger partial charge in [0.25, 0.3) is 0 Å². The molecule has 1 aromatic carbocycles. The summed E-state index contributed by atoms with van der Waals surface area (Å²) < 4.78 is 13.6. The van der Waals surface area contributed by atoms with E-state index in [0.29, 0.717) is 25.0 Å². The van der Waals surface area contributed by atoms with E-state index in [1.165, 1.54) is 11.8 Å². The Bertz CT molecular complexity index is 1160. The van der Waals surface area contributed by atoms with Crippen LogP contribution in [-0.4, -0.2) is 56.1 Å². The molecule has 0 bridgehead atoms. The third-order valence-corrected chi connectivity index (χ3v) is 7.29. The topological polar surface area (TPSA) is 82.4 Å². The predicted molar refractivity (Wildman–Crippen MR) is 123 cm³/mol. The number of benzene rings is 1. The van der Waals surface area contributed by atoms with Crippen molar-refractivity contribution in [2.45, 2.75) is 42.9 Å². The van der Waals surface area contributed by atoms with Crippen LogP contribution in [0.5, 0.6) is 11.5 Å². The quantitative estimate of drug-likeness (QED) is 0.513. The van der Waals surface area contributed by atoms with Gasteiger partial charge >= 0.3 is 0 Å². The molecule has 8 nitrogen and oxygen atoms in total. The number of carbonyl (C=O) groups is 1. The summed E-state index contributed by atoms with van der Waals surface area (Å²) in [5.74, 6) is 2.88. The Morgan fingerprint density at radius 2 is 1.85 bits per heavy atom. The van der Waals surface area contributed by atoms with Crippen molar-refractivity contribution in [2.24, 2.45) is 0 Å². The maximum atomic E-state index is 13.2. The molecule has 1 saturated heterocycles. The first kappa shape index (κ1) is 20.5. The summed E-state index contributed by atoms with van der Waals surface area (Å²) in [6.45, 7) is 1.91. The lowest BCUT2D eigenvalue weighted by molar-refractivity contribution is -0.129. The van der Waals surface area contributed by atoms with Crippen LogP contribution in [0.15, 0.2) is 47.9 Å². The third kappa shape index (κ3) is 4.06. The van der Waals surface area contributed by atoms with Crippen LogP contribution in [0.4, 0.5) is 0 Å². The van der Waals surface area contributed by atoms with Crippen LogP contribution in [0, 0.1) is 0 Å². The number of pyridine rings is 1. The molecule has 33 heavy (non-hydrogen) atoms. The van der Waals surface area contributed by atoms with Gasteiger partial charge in [0.1, 0.15) is 13.2 Å². The second kappa shape index (κ2) is 8.70. The zero-order chi connectivity index (χ0) is 22.2. The molecule has 4 heterocycles. The summed E-state index contributed by atoms with van der Waals surface area (Å²) in [5.41, 5.74) is 2.11. The Balaban J connectivity index is 1.18. The highest BCUT2D eigenvalue weighted by Crippen LogP contribution is 2.42. The fourth-order valence-electron chi connectivity index (χ4n) is 4.62. The van der Waals surface area contributed by atoms with E-state index in [1.54, 1.807) is 12.4 Å². The van der Waals surface area contributed by atoms with Crippen LogP contribution in [0.2, 0.25) is 0 Å². The summed E-state index contributed by atoms with van der Waals surface area (Å²) >= 11 is 1.48. The monoisotopic (exact) mass is 463 g/mol. The lowest BCUT2D eigenvalue weighted by atomic mass is 10.0. The van der Waals surface area contributed by atoms with Gasteiger partial charge in [0.15, 0.2) is 22.5 Å². The van der Waals surface area contributed by atoms with E-state index >= 15 is 0 Å². The standard InChI is InChI=1S/C24H25N5O3S/c30-22(28-11-1-2-19(28)17-3-6-20-21(14-17)32-13-12-31-20)15-33-24-27-26-23(29(24)18-4-5-18)16-7-9-25-10-8-16/h3,6-10,14,18-19H,1-2,4-5,11-13,15H2/t19-/m1/s1. The molecule has 9 heteroatoms. The number of fused-ring (bicyclic) bond motifs is 1. The fraction of sp³-hybridized carbons (Fsp3) is 0.417. The minimum absolute atomic E-state index is 0.0719. The molecule has 0 N–H and O–H groups in total. The van der Waals surface area contributed by atoms with Crippen molar-refractivity contribution in [3.05, 3.63) is 48.3 Å². The van der Waals surface area contributed by atoms with Gasteiger partial charge in [-0.15, -0.1) is 10.2 Å². The molecular formula is C24H25N5O3S. The van der Waals surface area contributed by atoms with Crippen molar-refractivity contribution in [1.82, 2.24) is 24.6 Å². The van der Waals surface area contributed by atoms with E-state index < -0.39 is 0 Å². The second-order valence-corrected chi connectivity index (χ2v) is 9.52. The van der Waals surface area contributed by atoms with Crippen LogP contribution in [0.25, 0.3) is 11.4 Å². The number of nitrogens with zero attached hydrogens (tertiary/aromatic N) is 5. The normalized spacial score (nSPS) is 19.6. The molecule has 1 saturated carbocycles. The number of thioether (sulfide) groups is 1. The highest BCUT2D eigenvalue weighted by molar-refractivity contribution is 7.99. The molecule has 0 spiro atoms. The van der Waals surface area contributed by atoms with Gasteiger partial charge in [0.2, 0.25) is 5.91 Å². The van der Waals surface area contributed by atoms with Gasteiger partial charge in [-0.3, -0.25) is 14.3 Å². The molecule has 1 amide bonds. The third-order valence-electron chi connectivity index (χ3n) is 6.36. The van der Waals surface area contributed by atoms with E-state index in [4.69, 9.17) is 9.47 Å². The Hall–Kier alpha value is -3.07. The van der Waals surface area contributed by atoms with Crippen molar-refractivity contribution >= 4 is 17.7 Å². The Kier molecular flexibility index (Phi) is 5.41. The zero-order valence-corrected chi connectivity index (χ0v) is 19.0. The van der Waals surface area contributed by atoms with Gasteiger partial charge in [0.05, 0.1) is 11.8 Å². The molecular weight excluding hydrogens is 438 g/mol. The Labute approximate surface area is 196 Å². The maximum Gasteiger partial charge on any atom is 0.233 e. The van der Waals surface area contributed by atoms with Gasteiger partial charge in [-0.05, 0) is 55.5 Å². The lowest BCUT2D eigenvalue weighted by Crippen LogP contribution is -2.32. The highest BCUT2D eigenvalue weighted by Gasteiger charge is 2.33. The number of hydrogen-bond donors (Lipinski definition) is 0. The van der Waals surface area contributed by atoms with Crippen molar-refractivity contribution in [1.29, 1.82) is 0 Å². The van der Waals surface area contributed by atoms with Gasteiger partial charge in [0, 0.05) is 30.5 Å². The molecule has 2 fully saturated rings. The predicted octanol–water partition coefficient (Wildman–Crippen LogP) is 3.90. The van der Waals surface area contributed by atoms with Gasteiger partial charge in [-0.1, -0.05) is 17.8 Å². The first-order valence-corrected chi connectivity index (χ1v) is 12.4. The first-order chi connectivity index (χ1) is 16.3. The van der Waals surface area contributed by atoms with Crippen LogP contribution < -0.4 is 9.47 Å². The molecule has 0 unspecified atom stereocenters. The molecule has 170 valence electrons. The molecule has 3 aromatic rings. The number of rotatable bonds is 6. The second-order valence-electron chi connectivity index (χ2n) is 8.58. The molecule has 1 atom stereocenters. The van der Waals surface area contributed by atoms with Crippen LogP contribution in [0.3, 0.4) is 0 Å². The number of amides is 1. The van der Waals surface area contributed by atoms with E-state index in [2.05, 4.69) is 25.8 Å². The van der Waals surface area contributed by atoms with Crippen LogP contribution >= 0.6 is 11.8 Å². The molecule has 2 aliphatic heterocycles. The molecule has 6 rings (SSSR count). The number of hydrogen-bond acceptors (Lipinski definition) is 7. The number of likely N-dealkylation sites (tertiary alicyclic amines) is 1.